The van der Waals surface area contributed by atoms with E-state index < -0.39 is 0 Å². The van der Waals surface area contributed by atoms with Crippen molar-refractivity contribution in [3.05, 3.63) is 35.4 Å². The topological polar surface area (TPSA) is 46.3 Å². The number of carbonyl (C=O) groups excluding carboxylic acids is 1. The zero-order valence-electron chi connectivity index (χ0n) is 10.4. The van der Waals surface area contributed by atoms with Crippen LogP contribution < -0.4 is 5.73 Å². The van der Waals surface area contributed by atoms with Crippen LogP contribution in [0, 0.1) is 0 Å². The van der Waals surface area contributed by atoms with Gasteiger partial charge in [-0.05, 0) is 44.0 Å². The quantitative estimate of drug-likeness (QED) is 0.868. The summed E-state index contributed by atoms with van der Waals surface area (Å²) in [6.07, 6.45) is 3.88. The largest absolute Gasteiger partial charge is 0.366 e. The van der Waals surface area contributed by atoms with E-state index in [-0.39, 0.29) is 5.91 Å². The van der Waals surface area contributed by atoms with Crippen LogP contribution in [0.15, 0.2) is 24.3 Å². The predicted octanol–water partition coefficient (Wildman–Crippen LogP) is 2.16. The molecule has 1 aromatic rings. The van der Waals surface area contributed by atoms with E-state index in [1.54, 1.807) is 6.07 Å². The molecule has 1 aromatic carbocycles. The highest BCUT2D eigenvalue weighted by atomic mass is 16.1. The monoisotopic (exact) mass is 232 g/mol. The molecule has 3 nitrogen and oxygen atoms in total. The normalized spacial score (nSPS) is 21.4. The lowest BCUT2D eigenvalue weighted by Gasteiger charge is -2.33. The molecule has 0 aliphatic carbocycles. The second-order valence-corrected chi connectivity index (χ2v) is 4.88. The molecule has 1 aliphatic rings. The first-order chi connectivity index (χ1) is 8.16. The average molecular weight is 232 g/mol. The van der Waals surface area contributed by atoms with Gasteiger partial charge in [0.25, 0.3) is 0 Å². The summed E-state index contributed by atoms with van der Waals surface area (Å²) in [4.78, 5) is 13.6. The van der Waals surface area contributed by atoms with Crippen molar-refractivity contribution in [1.82, 2.24) is 4.90 Å². The molecule has 2 rings (SSSR count). The van der Waals surface area contributed by atoms with Gasteiger partial charge in [0.05, 0.1) is 0 Å². The van der Waals surface area contributed by atoms with Gasteiger partial charge in [-0.1, -0.05) is 18.6 Å². The summed E-state index contributed by atoms with van der Waals surface area (Å²) in [6, 6.07) is 8.29. The van der Waals surface area contributed by atoms with E-state index in [9.17, 15) is 4.79 Å². The maximum Gasteiger partial charge on any atom is 0.248 e. The molecule has 1 saturated heterocycles. The van der Waals surface area contributed by atoms with Gasteiger partial charge >= 0.3 is 0 Å². The van der Waals surface area contributed by atoms with Gasteiger partial charge in [0.15, 0.2) is 0 Å². The molecule has 0 radical (unpaired) electrons. The van der Waals surface area contributed by atoms with E-state index in [1.807, 2.05) is 12.1 Å². The van der Waals surface area contributed by atoms with E-state index >= 15 is 0 Å². The third-order valence-corrected chi connectivity index (χ3v) is 3.54. The van der Waals surface area contributed by atoms with Crippen LogP contribution >= 0.6 is 0 Å². The number of hydrogen-bond acceptors (Lipinski definition) is 2. The lowest BCUT2D eigenvalue weighted by molar-refractivity contribution is 0.1000. The van der Waals surface area contributed by atoms with Gasteiger partial charge in [0.2, 0.25) is 5.91 Å². The van der Waals surface area contributed by atoms with Gasteiger partial charge in [-0.25, -0.2) is 0 Å². The van der Waals surface area contributed by atoms with Gasteiger partial charge < -0.3 is 5.73 Å². The summed E-state index contributed by atoms with van der Waals surface area (Å²) in [5, 5.41) is 0. The first kappa shape index (κ1) is 12.1. The number of hydrogen-bond donors (Lipinski definition) is 1. The Kier molecular flexibility index (Phi) is 3.79. The van der Waals surface area contributed by atoms with Crippen LogP contribution in [0.1, 0.15) is 42.1 Å². The Hall–Kier alpha value is -1.35. The van der Waals surface area contributed by atoms with Gasteiger partial charge in [-0.2, -0.15) is 0 Å². The molecule has 3 heteroatoms. The second kappa shape index (κ2) is 5.32. The number of piperidine rings is 1. The first-order valence-electron chi connectivity index (χ1n) is 6.29. The summed E-state index contributed by atoms with van der Waals surface area (Å²) in [5.41, 5.74) is 7.07. The van der Waals surface area contributed by atoms with E-state index in [2.05, 4.69) is 17.9 Å². The molecule has 0 spiro atoms. The standard InChI is InChI=1S/C14H20N2O/c1-11-5-2-3-8-16(11)10-12-6-4-7-13(9-12)14(15)17/h4,6-7,9,11H,2-3,5,8,10H2,1H3,(H2,15,17). The molecule has 0 saturated carbocycles. The number of benzene rings is 1. The minimum atomic E-state index is -0.349. The van der Waals surface area contributed by atoms with Crippen LogP contribution in [0.3, 0.4) is 0 Å². The fraction of sp³-hybridized carbons (Fsp3) is 0.500. The van der Waals surface area contributed by atoms with E-state index in [0.717, 1.165) is 13.1 Å². The number of carbonyl (C=O) groups is 1. The molecule has 17 heavy (non-hydrogen) atoms. The number of nitrogens with zero attached hydrogens (tertiary/aromatic N) is 1. The molecule has 0 bridgehead atoms. The van der Waals surface area contributed by atoms with Crippen LogP contribution in [0.5, 0.6) is 0 Å². The average Bonchev–Trinajstić information content (AvgIpc) is 2.32. The smallest absolute Gasteiger partial charge is 0.248 e. The summed E-state index contributed by atoms with van der Waals surface area (Å²) in [6.45, 7) is 4.35. The molecular formula is C14H20N2O. The highest BCUT2D eigenvalue weighted by Gasteiger charge is 2.18. The fourth-order valence-corrected chi connectivity index (χ4v) is 2.45. The van der Waals surface area contributed by atoms with Crippen molar-refractivity contribution in [2.75, 3.05) is 6.54 Å². The lowest BCUT2D eigenvalue weighted by Crippen LogP contribution is -2.36. The second-order valence-electron chi connectivity index (χ2n) is 4.88. The van der Waals surface area contributed by atoms with Crippen LogP contribution in [0.2, 0.25) is 0 Å². The van der Waals surface area contributed by atoms with Gasteiger partial charge in [0, 0.05) is 18.2 Å². The van der Waals surface area contributed by atoms with E-state index in [1.165, 1.54) is 24.8 Å². The molecule has 1 unspecified atom stereocenters. The van der Waals surface area contributed by atoms with Crippen molar-refractivity contribution in [1.29, 1.82) is 0 Å². The number of amides is 1. The molecule has 92 valence electrons. The predicted molar refractivity (Wildman–Crippen MR) is 68.7 cm³/mol. The van der Waals surface area contributed by atoms with Crippen molar-refractivity contribution < 1.29 is 4.79 Å². The third kappa shape index (κ3) is 3.07. The van der Waals surface area contributed by atoms with Crippen molar-refractivity contribution >= 4 is 5.91 Å². The molecule has 1 atom stereocenters. The Bertz CT molecular complexity index is 403. The van der Waals surface area contributed by atoms with Crippen molar-refractivity contribution in [3.8, 4) is 0 Å². The Morgan fingerprint density at radius 1 is 1.47 bits per heavy atom. The molecule has 2 N–H and O–H groups in total. The highest BCUT2D eigenvalue weighted by molar-refractivity contribution is 5.92. The maximum absolute atomic E-state index is 11.1. The molecule has 1 fully saturated rings. The number of nitrogens with two attached hydrogens (primary N) is 1. The van der Waals surface area contributed by atoms with Gasteiger partial charge in [-0.3, -0.25) is 9.69 Å². The summed E-state index contributed by atoms with van der Waals surface area (Å²) in [5.74, 6) is -0.349. The summed E-state index contributed by atoms with van der Waals surface area (Å²) in [7, 11) is 0. The molecular weight excluding hydrogens is 212 g/mol. The van der Waals surface area contributed by atoms with Crippen LogP contribution in [0.4, 0.5) is 0 Å². The Labute approximate surface area is 103 Å². The molecule has 1 heterocycles. The summed E-state index contributed by atoms with van der Waals surface area (Å²) >= 11 is 0. The SMILES string of the molecule is CC1CCCCN1Cc1cccc(C(N)=O)c1. The third-order valence-electron chi connectivity index (χ3n) is 3.54. The van der Waals surface area contributed by atoms with Crippen LogP contribution in [0.25, 0.3) is 0 Å². The zero-order chi connectivity index (χ0) is 12.3. The first-order valence-corrected chi connectivity index (χ1v) is 6.29. The van der Waals surface area contributed by atoms with Gasteiger partial charge in [-0.15, -0.1) is 0 Å². The van der Waals surface area contributed by atoms with Gasteiger partial charge in [0.1, 0.15) is 0 Å². The molecule has 1 amide bonds. The van der Waals surface area contributed by atoms with Crippen molar-refractivity contribution in [2.45, 2.75) is 38.8 Å². The van der Waals surface area contributed by atoms with E-state index in [0.29, 0.717) is 11.6 Å². The Morgan fingerprint density at radius 3 is 3.00 bits per heavy atom. The lowest BCUT2D eigenvalue weighted by atomic mass is 10.0. The summed E-state index contributed by atoms with van der Waals surface area (Å²) < 4.78 is 0. The Morgan fingerprint density at radius 2 is 2.29 bits per heavy atom. The number of likely N-dealkylation sites (tertiary alicyclic amines) is 1. The number of rotatable bonds is 3. The van der Waals surface area contributed by atoms with Crippen LogP contribution in [-0.2, 0) is 6.54 Å². The Balaban J connectivity index is 2.07. The number of primary amides is 1. The fourth-order valence-electron chi connectivity index (χ4n) is 2.45. The highest BCUT2D eigenvalue weighted by Crippen LogP contribution is 2.19. The molecule has 1 aliphatic heterocycles. The maximum atomic E-state index is 11.1. The minimum Gasteiger partial charge on any atom is -0.366 e. The van der Waals surface area contributed by atoms with Crippen LogP contribution in [-0.4, -0.2) is 23.4 Å². The minimum absolute atomic E-state index is 0.349. The zero-order valence-corrected chi connectivity index (χ0v) is 10.4. The van der Waals surface area contributed by atoms with Crippen molar-refractivity contribution in [3.63, 3.8) is 0 Å². The molecule has 0 aromatic heterocycles. The van der Waals surface area contributed by atoms with Crippen molar-refractivity contribution in [2.24, 2.45) is 5.73 Å². The van der Waals surface area contributed by atoms with E-state index in [4.69, 9.17) is 5.73 Å².